The Kier molecular flexibility index (Phi) is 7.42. The Hall–Kier alpha value is -3.46. The number of carboxylic acids is 1. The van der Waals surface area contributed by atoms with E-state index in [1.807, 2.05) is 12.1 Å². The van der Waals surface area contributed by atoms with E-state index in [4.69, 9.17) is 9.47 Å². The lowest BCUT2D eigenvalue weighted by atomic mass is 9.82. The first-order chi connectivity index (χ1) is 16.4. The number of aliphatic carboxylic acids is 1. The lowest BCUT2D eigenvalue weighted by molar-refractivity contribution is -0.146. The van der Waals surface area contributed by atoms with Crippen LogP contribution in [0.3, 0.4) is 0 Å². The van der Waals surface area contributed by atoms with E-state index in [2.05, 4.69) is 10.6 Å². The summed E-state index contributed by atoms with van der Waals surface area (Å²) in [5, 5.41) is 14.7. The van der Waals surface area contributed by atoms with E-state index < -0.39 is 23.1 Å². The third-order valence-corrected chi connectivity index (χ3v) is 6.77. The molecule has 8 nitrogen and oxygen atoms in total. The van der Waals surface area contributed by atoms with Gasteiger partial charge in [0.05, 0.1) is 17.1 Å². The fourth-order valence-electron chi connectivity index (χ4n) is 3.88. The molecule has 3 unspecified atom stereocenters. The van der Waals surface area contributed by atoms with Crippen molar-refractivity contribution in [3.63, 3.8) is 0 Å². The Labute approximate surface area is 201 Å². The number of hydrogen-bond acceptors (Lipinski definition) is 6. The number of carbonyl (C=O) groups excluding carboxylic acids is 2. The Balaban J connectivity index is 1.36. The minimum atomic E-state index is -0.966. The Morgan fingerprint density at radius 1 is 0.941 bits per heavy atom. The van der Waals surface area contributed by atoms with Gasteiger partial charge in [0.2, 0.25) is 11.8 Å². The molecule has 0 saturated heterocycles. The minimum Gasteiger partial charge on any atom is -0.486 e. The van der Waals surface area contributed by atoms with Gasteiger partial charge in [0.25, 0.3) is 0 Å². The predicted octanol–water partition coefficient (Wildman–Crippen LogP) is 4.18. The van der Waals surface area contributed by atoms with Crippen molar-refractivity contribution in [3.8, 4) is 11.5 Å². The molecule has 0 bridgehead atoms. The van der Waals surface area contributed by atoms with Crippen molar-refractivity contribution < 1.29 is 29.0 Å². The summed E-state index contributed by atoms with van der Waals surface area (Å²) >= 11 is 1.36. The van der Waals surface area contributed by atoms with Gasteiger partial charge in [0, 0.05) is 22.3 Å². The van der Waals surface area contributed by atoms with Crippen LogP contribution in [-0.4, -0.2) is 41.4 Å². The van der Waals surface area contributed by atoms with Crippen LogP contribution < -0.4 is 20.1 Å². The van der Waals surface area contributed by atoms with Gasteiger partial charge >= 0.3 is 5.97 Å². The molecular formula is C25H26N2O6S. The zero-order chi connectivity index (χ0) is 24.1. The van der Waals surface area contributed by atoms with Crippen LogP contribution in [0.5, 0.6) is 11.5 Å². The third-order valence-electron chi connectivity index (χ3n) is 5.68. The van der Waals surface area contributed by atoms with Gasteiger partial charge < -0.3 is 25.2 Å². The first-order valence-electron chi connectivity index (χ1n) is 11.1. The Bertz CT molecular complexity index is 1120. The van der Waals surface area contributed by atoms with Gasteiger partial charge in [0.15, 0.2) is 11.5 Å². The highest BCUT2D eigenvalue weighted by molar-refractivity contribution is 8.00. The van der Waals surface area contributed by atoms with E-state index in [-0.39, 0.29) is 11.8 Å². The maximum atomic E-state index is 12.7. The third kappa shape index (κ3) is 5.72. The fourth-order valence-corrected chi connectivity index (χ4v) is 4.81. The van der Waals surface area contributed by atoms with Crippen LogP contribution in [0.15, 0.2) is 59.5 Å². The normalized spacial score (nSPS) is 19.7. The number of allylic oxidation sites excluding steroid dienone is 2. The van der Waals surface area contributed by atoms with Gasteiger partial charge in [0.1, 0.15) is 13.2 Å². The molecule has 1 aliphatic heterocycles. The molecule has 9 heteroatoms. The van der Waals surface area contributed by atoms with Crippen molar-refractivity contribution in [2.75, 3.05) is 23.8 Å². The molecule has 2 aromatic rings. The van der Waals surface area contributed by atoms with Crippen molar-refractivity contribution in [1.29, 1.82) is 0 Å². The molecular weight excluding hydrogens is 456 g/mol. The number of benzene rings is 2. The maximum absolute atomic E-state index is 12.7. The van der Waals surface area contributed by atoms with E-state index in [0.29, 0.717) is 48.9 Å². The molecule has 178 valence electrons. The van der Waals surface area contributed by atoms with E-state index in [1.165, 1.54) is 11.8 Å². The number of fused-ring (bicyclic) bond motifs is 1. The number of carbonyl (C=O) groups is 3. The highest BCUT2D eigenvalue weighted by Gasteiger charge is 2.34. The fraction of sp³-hybridized carbons (Fsp3) is 0.320. The second-order valence-corrected chi connectivity index (χ2v) is 9.53. The largest absolute Gasteiger partial charge is 0.486 e. The summed E-state index contributed by atoms with van der Waals surface area (Å²) in [6.45, 7) is 2.77. The molecule has 0 saturated carbocycles. The van der Waals surface area contributed by atoms with E-state index in [9.17, 15) is 19.5 Å². The van der Waals surface area contributed by atoms with Gasteiger partial charge in [-0.05, 0) is 50.1 Å². The Morgan fingerprint density at radius 3 is 2.41 bits per heavy atom. The van der Waals surface area contributed by atoms with Crippen LogP contribution in [-0.2, 0) is 14.4 Å². The maximum Gasteiger partial charge on any atom is 0.307 e. The molecule has 4 rings (SSSR count). The van der Waals surface area contributed by atoms with Gasteiger partial charge in [-0.1, -0.05) is 18.2 Å². The summed E-state index contributed by atoms with van der Waals surface area (Å²) in [4.78, 5) is 37.8. The summed E-state index contributed by atoms with van der Waals surface area (Å²) in [6.07, 6.45) is 4.39. The molecule has 3 N–H and O–H groups in total. The molecule has 0 radical (unpaired) electrons. The second-order valence-electron chi connectivity index (χ2n) is 8.12. The molecule has 2 aliphatic rings. The number of thioether (sulfide) groups is 1. The second kappa shape index (κ2) is 10.6. The van der Waals surface area contributed by atoms with Crippen molar-refractivity contribution in [3.05, 3.63) is 54.6 Å². The first-order valence-corrected chi connectivity index (χ1v) is 11.9. The van der Waals surface area contributed by atoms with Crippen molar-refractivity contribution in [2.45, 2.75) is 29.9 Å². The molecule has 2 aromatic carbocycles. The summed E-state index contributed by atoms with van der Waals surface area (Å²) in [5.74, 6) is -1.54. The quantitative estimate of drug-likeness (QED) is 0.401. The minimum absolute atomic E-state index is 0.172. The number of anilines is 2. The summed E-state index contributed by atoms with van der Waals surface area (Å²) < 4.78 is 11.1. The number of amides is 2. The zero-order valence-electron chi connectivity index (χ0n) is 18.7. The average molecular weight is 483 g/mol. The lowest BCUT2D eigenvalue weighted by Gasteiger charge is -2.24. The monoisotopic (exact) mass is 482 g/mol. The van der Waals surface area contributed by atoms with Crippen molar-refractivity contribution in [2.24, 2.45) is 11.8 Å². The molecule has 2 amide bonds. The molecule has 1 aliphatic carbocycles. The first kappa shape index (κ1) is 23.7. The van der Waals surface area contributed by atoms with Gasteiger partial charge in [-0.2, -0.15) is 0 Å². The van der Waals surface area contributed by atoms with E-state index >= 15 is 0 Å². The van der Waals surface area contributed by atoms with E-state index in [1.54, 1.807) is 49.4 Å². The molecule has 0 aromatic heterocycles. The molecule has 1 heterocycles. The average Bonchev–Trinajstić information content (AvgIpc) is 2.84. The van der Waals surface area contributed by atoms with Crippen LogP contribution in [0.4, 0.5) is 11.4 Å². The smallest absolute Gasteiger partial charge is 0.307 e. The number of rotatable bonds is 7. The Morgan fingerprint density at radius 2 is 1.65 bits per heavy atom. The van der Waals surface area contributed by atoms with E-state index in [0.717, 1.165) is 4.90 Å². The number of nitrogens with one attached hydrogen (secondary N) is 2. The topological polar surface area (TPSA) is 114 Å². The molecule has 0 fully saturated rings. The van der Waals surface area contributed by atoms with Crippen LogP contribution in [0.1, 0.15) is 19.8 Å². The van der Waals surface area contributed by atoms with Crippen LogP contribution in [0, 0.1) is 11.8 Å². The van der Waals surface area contributed by atoms with Crippen molar-refractivity contribution >= 4 is 40.9 Å². The van der Waals surface area contributed by atoms with Gasteiger partial charge in [-0.15, -0.1) is 11.8 Å². The molecule has 3 atom stereocenters. The predicted molar refractivity (Wildman–Crippen MR) is 129 cm³/mol. The number of ether oxygens (including phenoxy) is 2. The standard InChI is InChI=1S/C25H26N2O6S/c1-15(23(28)26-17-9-10-21-22(14-17)33-12-11-32-21)34-18-6-4-5-16(13-18)27-24(29)19-7-2-3-8-20(19)25(30)31/h2-6,9-10,13-15,19-20H,7-8,11-12H2,1H3,(H,26,28)(H,27,29)(H,30,31). The van der Waals surface area contributed by atoms with Crippen LogP contribution in [0.2, 0.25) is 0 Å². The number of hydrogen-bond donors (Lipinski definition) is 3. The summed E-state index contributed by atoms with van der Waals surface area (Å²) in [7, 11) is 0. The lowest BCUT2D eigenvalue weighted by Crippen LogP contribution is -2.34. The summed E-state index contributed by atoms with van der Waals surface area (Å²) in [6, 6.07) is 12.5. The van der Waals surface area contributed by atoms with Crippen molar-refractivity contribution in [1.82, 2.24) is 0 Å². The zero-order valence-corrected chi connectivity index (χ0v) is 19.5. The molecule has 34 heavy (non-hydrogen) atoms. The van der Waals surface area contributed by atoms with Crippen LogP contribution >= 0.6 is 11.8 Å². The highest BCUT2D eigenvalue weighted by Crippen LogP contribution is 2.33. The highest BCUT2D eigenvalue weighted by atomic mass is 32.2. The summed E-state index contributed by atoms with van der Waals surface area (Å²) in [5.41, 5.74) is 1.19. The van der Waals surface area contributed by atoms with Crippen LogP contribution in [0.25, 0.3) is 0 Å². The number of carboxylic acid groups (broad SMARTS) is 1. The van der Waals surface area contributed by atoms with Gasteiger partial charge in [-0.3, -0.25) is 14.4 Å². The molecule has 0 spiro atoms. The van der Waals surface area contributed by atoms with Gasteiger partial charge in [-0.25, -0.2) is 0 Å². The SMILES string of the molecule is CC(Sc1cccc(NC(=O)C2CC=CCC2C(=O)O)c1)C(=O)Nc1ccc2c(c1)OCCO2.